The molecule has 0 bridgehead atoms. The Labute approximate surface area is 170 Å². The van der Waals surface area contributed by atoms with Crippen LogP contribution in [0.1, 0.15) is 45.1 Å². The zero-order valence-corrected chi connectivity index (χ0v) is 17.9. The summed E-state index contributed by atoms with van der Waals surface area (Å²) >= 11 is 3.56. The number of carbonyl (C=O) groups excluding carboxylic acids is 2. The molecular formula is C21H30BrN3O2. The monoisotopic (exact) mass is 435 g/mol. The lowest BCUT2D eigenvalue weighted by molar-refractivity contribution is -0.139. The molecule has 0 radical (unpaired) electrons. The Morgan fingerprint density at radius 2 is 1.81 bits per heavy atom. The van der Waals surface area contributed by atoms with Crippen LogP contribution in [0.5, 0.6) is 0 Å². The molecule has 2 fully saturated rings. The van der Waals surface area contributed by atoms with Crippen molar-refractivity contribution in [2.75, 3.05) is 32.7 Å². The summed E-state index contributed by atoms with van der Waals surface area (Å²) in [5, 5.41) is 2.94. The number of hydrogen-bond acceptors (Lipinski definition) is 3. The lowest BCUT2D eigenvalue weighted by Crippen LogP contribution is -2.55. The minimum Gasteiger partial charge on any atom is -0.353 e. The molecule has 148 valence electrons. The highest BCUT2D eigenvalue weighted by Crippen LogP contribution is 2.43. The smallest absolute Gasteiger partial charge is 0.234 e. The molecule has 2 amide bonds. The maximum atomic E-state index is 13.5. The van der Waals surface area contributed by atoms with E-state index in [1.54, 1.807) is 0 Å². The number of rotatable bonds is 5. The molecule has 1 saturated heterocycles. The van der Waals surface area contributed by atoms with Gasteiger partial charge in [0.25, 0.3) is 0 Å². The molecule has 0 atom stereocenters. The first kappa shape index (κ1) is 20.3. The van der Waals surface area contributed by atoms with Gasteiger partial charge in [0, 0.05) is 36.7 Å². The van der Waals surface area contributed by atoms with E-state index in [0.29, 0.717) is 19.6 Å². The highest BCUT2D eigenvalue weighted by Gasteiger charge is 2.45. The highest BCUT2D eigenvalue weighted by molar-refractivity contribution is 9.10. The van der Waals surface area contributed by atoms with Gasteiger partial charge in [-0.15, -0.1) is 0 Å². The van der Waals surface area contributed by atoms with Crippen molar-refractivity contribution in [3.8, 4) is 0 Å². The first-order chi connectivity index (χ1) is 12.9. The molecule has 5 nitrogen and oxygen atoms in total. The van der Waals surface area contributed by atoms with E-state index in [9.17, 15) is 9.59 Å². The summed E-state index contributed by atoms with van der Waals surface area (Å²) in [4.78, 5) is 29.7. The number of benzene rings is 1. The summed E-state index contributed by atoms with van der Waals surface area (Å²) in [6.07, 6.45) is 4.07. The van der Waals surface area contributed by atoms with Gasteiger partial charge < -0.3 is 10.2 Å². The number of hydrogen-bond donors (Lipinski definition) is 1. The Morgan fingerprint density at radius 3 is 2.41 bits per heavy atom. The number of piperazine rings is 1. The summed E-state index contributed by atoms with van der Waals surface area (Å²) in [6.45, 7) is 7.26. The summed E-state index contributed by atoms with van der Waals surface area (Å²) in [5.74, 6) is 0.329. The molecule has 0 spiro atoms. The van der Waals surface area contributed by atoms with Crippen LogP contribution < -0.4 is 5.32 Å². The van der Waals surface area contributed by atoms with E-state index in [4.69, 9.17) is 0 Å². The Balaban J connectivity index is 1.64. The fourth-order valence-corrected chi connectivity index (χ4v) is 4.77. The van der Waals surface area contributed by atoms with Gasteiger partial charge in [0.2, 0.25) is 11.8 Å². The molecule has 1 aliphatic carbocycles. The maximum absolute atomic E-state index is 13.5. The van der Waals surface area contributed by atoms with Gasteiger partial charge in [-0.2, -0.15) is 0 Å². The van der Waals surface area contributed by atoms with Gasteiger partial charge in [-0.1, -0.05) is 40.9 Å². The van der Waals surface area contributed by atoms with Gasteiger partial charge in [-0.05, 0) is 44.4 Å². The highest BCUT2D eigenvalue weighted by atomic mass is 79.9. The van der Waals surface area contributed by atoms with Crippen LogP contribution in [-0.4, -0.2) is 60.4 Å². The number of halogens is 1. The second kappa shape index (κ2) is 8.74. The predicted octanol–water partition coefficient (Wildman–Crippen LogP) is 2.93. The molecule has 6 heteroatoms. The summed E-state index contributed by atoms with van der Waals surface area (Å²) in [6, 6.07) is 8.40. The van der Waals surface area contributed by atoms with Crippen LogP contribution in [0.3, 0.4) is 0 Å². The van der Waals surface area contributed by atoms with Crippen molar-refractivity contribution < 1.29 is 9.59 Å². The quantitative estimate of drug-likeness (QED) is 0.773. The summed E-state index contributed by atoms with van der Waals surface area (Å²) < 4.78 is 1.03. The Bertz CT molecular complexity index is 678. The van der Waals surface area contributed by atoms with Gasteiger partial charge >= 0.3 is 0 Å². The van der Waals surface area contributed by atoms with Crippen molar-refractivity contribution in [1.82, 2.24) is 15.1 Å². The second-order valence-corrected chi connectivity index (χ2v) is 9.01. The van der Waals surface area contributed by atoms with Crippen LogP contribution in [0.25, 0.3) is 0 Å². The minimum atomic E-state index is -0.374. The molecule has 1 N–H and O–H groups in total. The first-order valence-corrected chi connectivity index (χ1v) is 10.8. The summed E-state index contributed by atoms with van der Waals surface area (Å²) in [7, 11) is 0. The average Bonchev–Trinajstić information content (AvgIpc) is 3.12. The molecule has 0 aromatic heterocycles. The Kier molecular flexibility index (Phi) is 6.58. The third-order valence-corrected chi connectivity index (χ3v) is 6.21. The van der Waals surface area contributed by atoms with Crippen molar-refractivity contribution in [2.45, 2.75) is 51.0 Å². The number of nitrogens with one attached hydrogen (secondary N) is 1. The second-order valence-electron chi connectivity index (χ2n) is 8.09. The van der Waals surface area contributed by atoms with Crippen molar-refractivity contribution in [3.63, 3.8) is 0 Å². The summed E-state index contributed by atoms with van der Waals surface area (Å²) in [5.41, 5.74) is 0.763. The zero-order chi connectivity index (χ0) is 19.4. The SMILES string of the molecule is CC(C)NC(=O)CN1CCN(C(=O)C2(c3cccc(Br)c3)CCCC2)CC1. The fraction of sp³-hybridized carbons (Fsp3) is 0.619. The molecule has 1 aromatic rings. The van der Waals surface area contributed by atoms with Crippen molar-refractivity contribution >= 4 is 27.7 Å². The van der Waals surface area contributed by atoms with Gasteiger partial charge in [0.05, 0.1) is 12.0 Å². The molecule has 3 rings (SSSR count). The van der Waals surface area contributed by atoms with E-state index in [1.165, 1.54) is 0 Å². The molecule has 1 heterocycles. The van der Waals surface area contributed by atoms with Crippen LogP contribution in [0.4, 0.5) is 0 Å². The fourth-order valence-electron chi connectivity index (χ4n) is 4.37. The van der Waals surface area contributed by atoms with Crippen LogP contribution in [-0.2, 0) is 15.0 Å². The van der Waals surface area contributed by atoms with E-state index in [-0.39, 0.29) is 23.3 Å². The van der Waals surface area contributed by atoms with Gasteiger partial charge in [-0.3, -0.25) is 14.5 Å². The normalized spacial score (nSPS) is 20.1. The largest absolute Gasteiger partial charge is 0.353 e. The van der Waals surface area contributed by atoms with Gasteiger partial charge in [0.1, 0.15) is 0 Å². The van der Waals surface area contributed by atoms with Crippen LogP contribution in [0.15, 0.2) is 28.7 Å². The topological polar surface area (TPSA) is 52.7 Å². The van der Waals surface area contributed by atoms with E-state index >= 15 is 0 Å². The van der Waals surface area contributed by atoms with Gasteiger partial charge in [0.15, 0.2) is 0 Å². The third-order valence-electron chi connectivity index (χ3n) is 5.72. The molecule has 1 aliphatic heterocycles. The average molecular weight is 436 g/mol. The molecular weight excluding hydrogens is 406 g/mol. The van der Waals surface area contributed by atoms with Crippen LogP contribution in [0, 0.1) is 0 Å². The van der Waals surface area contributed by atoms with E-state index in [0.717, 1.165) is 48.8 Å². The molecule has 27 heavy (non-hydrogen) atoms. The molecule has 1 saturated carbocycles. The third kappa shape index (κ3) is 4.72. The molecule has 2 aliphatic rings. The molecule has 0 unspecified atom stereocenters. The standard InChI is InChI=1S/C21H30BrN3O2/c1-16(2)23-19(26)15-24-10-12-25(13-11-24)20(27)21(8-3-4-9-21)17-6-5-7-18(22)14-17/h5-7,14,16H,3-4,8-13,15H2,1-2H3,(H,23,26). The predicted molar refractivity (Wildman–Crippen MR) is 111 cm³/mol. The van der Waals surface area contributed by atoms with E-state index in [2.05, 4.69) is 38.3 Å². The zero-order valence-electron chi connectivity index (χ0n) is 16.3. The van der Waals surface area contributed by atoms with E-state index < -0.39 is 0 Å². The number of carbonyl (C=O) groups is 2. The number of amides is 2. The van der Waals surface area contributed by atoms with Crippen molar-refractivity contribution in [1.29, 1.82) is 0 Å². The lowest BCUT2D eigenvalue weighted by atomic mass is 9.77. The minimum absolute atomic E-state index is 0.0613. The first-order valence-electron chi connectivity index (χ1n) is 9.98. The number of nitrogens with zero attached hydrogens (tertiary/aromatic N) is 2. The van der Waals surface area contributed by atoms with Crippen molar-refractivity contribution in [2.24, 2.45) is 0 Å². The Morgan fingerprint density at radius 1 is 1.15 bits per heavy atom. The maximum Gasteiger partial charge on any atom is 0.234 e. The van der Waals surface area contributed by atoms with Gasteiger partial charge in [-0.25, -0.2) is 0 Å². The van der Waals surface area contributed by atoms with Crippen LogP contribution >= 0.6 is 15.9 Å². The van der Waals surface area contributed by atoms with Crippen LogP contribution in [0.2, 0.25) is 0 Å². The lowest BCUT2D eigenvalue weighted by Gasteiger charge is -2.40. The molecule has 1 aromatic carbocycles. The Hall–Kier alpha value is -1.40. The van der Waals surface area contributed by atoms with E-state index in [1.807, 2.05) is 30.9 Å². The van der Waals surface area contributed by atoms with Crippen molar-refractivity contribution in [3.05, 3.63) is 34.3 Å².